The van der Waals surface area contributed by atoms with E-state index in [1.165, 1.54) is 60.1 Å². The van der Waals surface area contributed by atoms with E-state index in [9.17, 15) is 4.79 Å². The molecule has 1 fully saturated rings. The maximum absolute atomic E-state index is 12.9. The molecule has 4 rings (SSSR count). The predicted octanol–water partition coefficient (Wildman–Crippen LogP) is 10.6. The van der Waals surface area contributed by atoms with Crippen LogP contribution in [-0.4, -0.2) is 37.0 Å². The van der Waals surface area contributed by atoms with Crippen molar-refractivity contribution < 1.29 is 4.79 Å². The minimum Gasteiger partial charge on any atom is -0.371 e. The first-order valence-corrected chi connectivity index (χ1v) is 17.2. The quantitative estimate of drug-likeness (QED) is 0.123. The third kappa shape index (κ3) is 9.52. The topological polar surface area (TPSA) is 32.7 Å². The van der Waals surface area contributed by atoms with Crippen LogP contribution in [0.5, 0.6) is 0 Å². The van der Waals surface area contributed by atoms with E-state index in [2.05, 4.69) is 97.1 Å². The molecule has 1 aromatic rings. The largest absolute Gasteiger partial charge is 0.371 e. The Morgan fingerprint density at radius 1 is 1.02 bits per heavy atom. The summed E-state index contributed by atoms with van der Waals surface area (Å²) in [4.78, 5) is 19.6. The summed E-state index contributed by atoms with van der Waals surface area (Å²) in [5.41, 5.74) is 9.93. The van der Waals surface area contributed by atoms with Gasteiger partial charge in [-0.3, -0.25) is 9.79 Å². The van der Waals surface area contributed by atoms with E-state index in [1.54, 1.807) is 5.57 Å². The maximum atomic E-state index is 12.9. The number of ketones is 1. The van der Waals surface area contributed by atoms with Gasteiger partial charge < -0.3 is 4.90 Å². The van der Waals surface area contributed by atoms with Gasteiger partial charge in [-0.1, -0.05) is 99.9 Å². The number of unbranched alkanes of at least 4 members (excludes halogenated alkanes) is 1. The van der Waals surface area contributed by atoms with Gasteiger partial charge in [-0.25, -0.2) is 0 Å². The molecule has 1 heterocycles. The molecule has 234 valence electrons. The van der Waals surface area contributed by atoms with Crippen LogP contribution in [0, 0.1) is 5.92 Å². The van der Waals surface area contributed by atoms with E-state index in [0.717, 1.165) is 75.6 Å². The first-order chi connectivity index (χ1) is 21.5. The molecule has 0 saturated heterocycles. The fraction of sp³-hybridized carbons (Fsp3) is 0.463. The Kier molecular flexibility index (Phi) is 13.5. The van der Waals surface area contributed by atoms with Crippen molar-refractivity contribution in [1.82, 2.24) is 4.90 Å². The summed E-state index contributed by atoms with van der Waals surface area (Å²) in [5, 5.41) is 0. The number of benzene rings is 1. The third-order valence-electron chi connectivity index (χ3n) is 9.17. The summed E-state index contributed by atoms with van der Waals surface area (Å²) in [6.45, 7) is 10.8. The molecule has 1 saturated carbocycles. The lowest BCUT2D eigenvalue weighted by molar-refractivity contribution is -0.121. The number of carbonyl (C=O) groups excluding carboxylic acids is 1. The lowest BCUT2D eigenvalue weighted by Gasteiger charge is -2.32. The van der Waals surface area contributed by atoms with Crippen molar-refractivity contribution in [2.75, 3.05) is 20.1 Å². The highest BCUT2D eigenvalue weighted by molar-refractivity contribution is 5.97. The van der Waals surface area contributed by atoms with Crippen LogP contribution in [0.4, 0.5) is 0 Å². The zero-order valence-corrected chi connectivity index (χ0v) is 27.6. The minimum atomic E-state index is 0.288. The summed E-state index contributed by atoms with van der Waals surface area (Å²) in [5.74, 6) is 0.703. The van der Waals surface area contributed by atoms with Crippen molar-refractivity contribution >= 4 is 23.6 Å². The summed E-state index contributed by atoms with van der Waals surface area (Å²) >= 11 is 0. The third-order valence-corrected chi connectivity index (χ3v) is 9.17. The first-order valence-electron chi connectivity index (χ1n) is 17.2. The number of nitrogens with zero attached hydrogens (tertiary/aromatic N) is 2. The van der Waals surface area contributed by atoms with E-state index < -0.39 is 0 Å². The molecule has 0 amide bonds. The van der Waals surface area contributed by atoms with Crippen LogP contribution in [0.3, 0.4) is 0 Å². The molecule has 3 aliphatic rings. The second-order valence-corrected chi connectivity index (χ2v) is 12.5. The molecule has 3 nitrogen and oxygen atoms in total. The monoisotopic (exact) mass is 590 g/mol. The minimum absolute atomic E-state index is 0.288. The van der Waals surface area contributed by atoms with Crippen molar-refractivity contribution in [2.45, 2.75) is 97.3 Å². The summed E-state index contributed by atoms with van der Waals surface area (Å²) < 4.78 is 0. The Morgan fingerprint density at radius 3 is 2.48 bits per heavy atom. The number of Topliss-reactive ketones (excluding diaryl/α,β-unsaturated/α-hetero) is 1. The van der Waals surface area contributed by atoms with E-state index >= 15 is 0 Å². The zero-order valence-electron chi connectivity index (χ0n) is 27.6. The first kappa shape index (κ1) is 33.4. The molecule has 3 heteroatoms. The van der Waals surface area contributed by atoms with Gasteiger partial charge in [0.15, 0.2) is 5.78 Å². The number of rotatable bonds is 14. The Bertz CT molecular complexity index is 1330. The van der Waals surface area contributed by atoms with Gasteiger partial charge in [0.05, 0.1) is 0 Å². The lowest BCUT2D eigenvalue weighted by atomic mass is 9.78. The summed E-state index contributed by atoms with van der Waals surface area (Å²) in [6, 6.07) is 8.94. The smallest absolute Gasteiger partial charge is 0.161 e. The Morgan fingerprint density at radius 2 is 1.80 bits per heavy atom. The second-order valence-electron chi connectivity index (χ2n) is 12.5. The average Bonchev–Trinajstić information content (AvgIpc) is 2.98. The second kappa shape index (κ2) is 17.7. The summed E-state index contributed by atoms with van der Waals surface area (Å²) in [6.07, 6.45) is 32.0. The molecule has 0 N–H and O–H groups in total. The Balaban J connectivity index is 1.43. The number of allylic oxidation sites excluding steroid dienone is 9. The van der Waals surface area contributed by atoms with Crippen LogP contribution in [0.25, 0.3) is 11.6 Å². The van der Waals surface area contributed by atoms with Gasteiger partial charge >= 0.3 is 0 Å². The fourth-order valence-corrected chi connectivity index (χ4v) is 6.45. The van der Waals surface area contributed by atoms with Crippen molar-refractivity contribution in [3.8, 4) is 0 Å². The van der Waals surface area contributed by atoms with Crippen LogP contribution < -0.4 is 0 Å². The average molecular weight is 591 g/mol. The molecule has 0 bridgehead atoms. The standard InChI is InChI=1S/C41H54N2O/c1-5-13-33(14-6-2)15-8-7-9-16-34-22-25-35(26-23-34)38-24-21-32(3)39(31-38)40(27-28-42-4)43-29-11-19-37(20-12-30-43)41(44)36-17-10-18-36/h9,15-16,19,22-28,31,36H,3,5-8,10-14,17-18,20-21,29-30H2,1-2,4H3/b16-9+,37-19-,40-27+,42-28?. The van der Waals surface area contributed by atoms with Crippen LogP contribution in [-0.2, 0) is 4.79 Å². The van der Waals surface area contributed by atoms with Gasteiger partial charge in [0, 0.05) is 43.5 Å². The van der Waals surface area contributed by atoms with E-state index in [-0.39, 0.29) is 5.92 Å². The molecule has 0 atom stereocenters. The fourth-order valence-electron chi connectivity index (χ4n) is 6.45. The number of hydrogen-bond acceptors (Lipinski definition) is 3. The molecular weight excluding hydrogens is 536 g/mol. The molecule has 1 aliphatic heterocycles. The highest BCUT2D eigenvalue weighted by atomic mass is 16.1. The molecule has 0 unspecified atom stereocenters. The molecule has 0 aromatic heterocycles. The highest BCUT2D eigenvalue weighted by Crippen LogP contribution is 2.35. The van der Waals surface area contributed by atoms with E-state index in [1.807, 2.05) is 13.3 Å². The molecule has 0 spiro atoms. The van der Waals surface area contributed by atoms with Crippen LogP contribution in [0.15, 0.2) is 100 Å². The zero-order chi connectivity index (χ0) is 31.1. The van der Waals surface area contributed by atoms with Gasteiger partial charge in [0.2, 0.25) is 0 Å². The van der Waals surface area contributed by atoms with Crippen molar-refractivity contribution in [3.63, 3.8) is 0 Å². The lowest BCUT2D eigenvalue weighted by Crippen LogP contribution is -2.30. The maximum Gasteiger partial charge on any atom is 0.161 e. The molecule has 44 heavy (non-hydrogen) atoms. The summed E-state index contributed by atoms with van der Waals surface area (Å²) in [7, 11) is 1.82. The number of aliphatic imine (C=N–C) groups is 1. The van der Waals surface area contributed by atoms with Gasteiger partial charge in [0.1, 0.15) is 0 Å². The molecule has 1 aromatic carbocycles. The highest BCUT2D eigenvalue weighted by Gasteiger charge is 2.28. The molecular formula is C41H54N2O. The number of hydrogen-bond donors (Lipinski definition) is 0. The van der Waals surface area contributed by atoms with E-state index in [4.69, 9.17) is 0 Å². The van der Waals surface area contributed by atoms with Crippen molar-refractivity contribution in [2.24, 2.45) is 10.9 Å². The SMILES string of the molecule is C=C1CC=C(c2ccc(/C=C/CCC=C(CCC)CCC)cc2)C=C1/C(=C\C=NC)N1CC/C=C(\C(=O)C2CCC2)CCC1. The van der Waals surface area contributed by atoms with Crippen LogP contribution in [0.2, 0.25) is 0 Å². The van der Waals surface area contributed by atoms with E-state index in [0.29, 0.717) is 5.78 Å². The van der Waals surface area contributed by atoms with Crippen molar-refractivity contribution in [3.05, 3.63) is 106 Å². The molecule has 0 radical (unpaired) electrons. The van der Waals surface area contributed by atoms with Crippen molar-refractivity contribution in [1.29, 1.82) is 0 Å². The Hall–Kier alpha value is -3.46. The van der Waals surface area contributed by atoms with Gasteiger partial charge in [-0.05, 0) is 104 Å². The van der Waals surface area contributed by atoms with Gasteiger partial charge in [0.25, 0.3) is 0 Å². The molecule has 2 aliphatic carbocycles. The van der Waals surface area contributed by atoms with Gasteiger partial charge in [-0.2, -0.15) is 0 Å². The normalized spacial score (nSPS) is 19.6. The Labute approximate surface area is 267 Å². The van der Waals surface area contributed by atoms with Crippen LogP contribution in [0.1, 0.15) is 108 Å². The number of carbonyl (C=O) groups is 1. The van der Waals surface area contributed by atoms with Crippen LogP contribution >= 0.6 is 0 Å². The van der Waals surface area contributed by atoms with Gasteiger partial charge in [-0.15, -0.1) is 0 Å². The predicted molar refractivity (Wildman–Crippen MR) is 191 cm³/mol.